The molecule has 0 saturated carbocycles. The largest absolute Gasteiger partial charge is 0.238 e. The summed E-state index contributed by atoms with van der Waals surface area (Å²) >= 11 is 0. The number of rotatable bonds is 1. The summed E-state index contributed by atoms with van der Waals surface area (Å²) in [6.45, 7) is 0. The van der Waals surface area contributed by atoms with E-state index in [0.717, 1.165) is 10.9 Å². The summed E-state index contributed by atoms with van der Waals surface area (Å²) in [4.78, 5) is 4.14. The Morgan fingerprint density at radius 2 is 1.92 bits per heavy atom. The van der Waals surface area contributed by atoms with Crippen molar-refractivity contribution in [2.75, 3.05) is 0 Å². The molecular weight excluding hydrogens is 206 g/mol. The van der Waals surface area contributed by atoms with E-state index in [0.29, 0.717) is 5.03 Å². The van der Waals surface area contributed by atoms with E-state index in [1.807, 2.05) is 30.3 Å². The maximum absolute atomic E-state index is 10.9. The first-order valence-electron chi connectivity index (χ1n) is 3.71. The van der Waals surface area contributed by atoms with Crippen molar-refractivity contribution in [2.45, 2.75) is 5.03 Å². The van der Waals surface area contributed by atoms with Gasteiger partial charge in [-0.05, 0) is 28.9 Å². The number of para-hydroxylation sites is 1. The number of fused-ring (bicyclic) bond motifs is 1. The predicted molar refractivity (Wildman–Crippen MR) is 54.0 cm³/mol. The molecule has 66 valence electrons. The van der Waals surface area contributed by atoms with Crippen molar-refractivity contribution in [2.24, 2.45) is 0 Å². The van der Waals surface area contributed by atoms with E-state index in [1.54, 1.807) is 6.07 Å². The molecule has 0 aliphatic carbocycles. The molecule has 2 aromatic rings. The van der Waals surface area contributed by atoms with E-state index in [2.05, 4.69) is 4.98 Å². The van der Waals surface area contributed by atoms with Gasteiger partial charge >= 0.3 is 0 Å². The Morgan fingerprint density at radius 3 is 2.69 bits per heavy atom. The Morgan fingerprint density at radius 1 is 1.15 bits per heavy atom. The Kier molecular flexibility index (Phi) is 2.29. The zero-order valence-electron chi connectivity index (χ0n) is 6.61. The van der Waals surface area contributed by atoms with E-state index in [4.69, 9.17) is 10.7 Å². The van der Waals surface area contributed by atoms with Gasteiger partial charge in [0.15, 0.2) is 10.0 Å². The van der Waals surface area contributed by atoms with Gasteiger partial charge in [0.05, 0.1) is 5.52 Å². The van der Waals surface area contributed by atoms with Crippen molar-refractivity contribution in [3.05, 3.63) is 36.4 Å². The van der Waals surface area contributed by atoms with Crippen molar-refractivity contribution in [1.82, 2.24) is 4.98 Å². The molecule has 0 spiro atoms. The van der Waals surface area contributed by atoms with Crippen LogP contribution in [-0.4, -0.2) is 9.19 Å². The topological polar surface area (TPSA) is 30.0 Å². The van der Waals surface area contributed by atoms with Gasteiger partial charge in [-0.1, -0.05) is 18.2 Å². The second kappa shape index (κ2) is 3.44. The standard InChI is InChI=1S/C9H6ClNOS/c10-13(12)9-6-5-7-3-1-2-4-8(7)11-9/h1-6H. The number of hydrogen-bond acceptors (Lipinski definition) is 2. The van der Waals surface area contributed by atoms with Crippen molar-refractivity contribution in [1.29, 1.82) is 0 Å². The van der Waals surface area contributed by atoms with E-state index in [9.17, 15) is 4.21 Å². The third kappa shape index (κ3) is 1.71. The molecule has 2 rings (SSSR count). The highest BCUT2D eigenvalue weighted by Crippen LogP contribution is 2.14. The summed E-state index contributed by atoms with van der Waals surface area (Å²) in [7, 11) is 3.89. The van der Waals surface area contributed by atoms with Gasteiger partial charge in [0.25, 0.3) is 0 Å². The quantitative estimate of drug-likeness (QED) is 0.679. The third-order valence-corrected chi connectivity index (χ3v) is 2.77. The lowest BCUT2D eigenvalue weighted by Gasteiger charge is -1.97. The minimum absolute atomic E-state index is 0.403. The number of nitrogens with zero attached hydrogens (tertiary/aromatic N) is 1. The van der Waals surface area contributed by atoms with Crippen LogP contribution in [0.5, 0.6) is 0 Å². The molecule has 0 radical (unpaired) electrons. The van der Waals surface area contributed by atoms with Crippen molar-refractivity contribution >= 4 is 31.6 Å². The molecule has 0 amide bonds. The van der Waals surface area contributed by atoms with Crippen LogP contribution in [0, 0.1) is 0 Å². The molecule has 0 aliphatic rings. The van der Waals surface area contributed by atoms with Crippen LogP contribution in [0.15, 0.2) is 41.4 Å². The molecule has 0 saturated heterocycles. The van der Waals surface area contributed by atoms with E-state index >= 15 is 0 Å². The summed E-state index contributed by atoms with van der Waals surface area (Å²) < 4.78 is 10.9. The Balaban J connectivity index is 2.69. The molecule has 1 aromatic heterocycles. The highest BCUT2D eigenvalue weighted by Gasteiger charge is 2.01. The summed E-state index contributed by atoms with van der Waals surface area (Å²) in [6.07, 6.45) is 0. The average molecular weight is 212 g/mol. The lowest BCUT2D eigenvalue weighted by atomic mass is 10.2. The molecule has 1 atom stereocenters. The predicted octanol–water partition coefficient (Wildman–Crippen LogP) is 2.50. The van der Waals surface area contributed by atoms with E-state index in [1.165, 1.54) is 0 Å². The first-order chi connectivity index (χ1) is 6.27. The van der Waals surface area contributed by atoms with Gasteiger partial charge in [-0.15, -0.1) is 0 Å². The van der Waals surface area contributed by atoms with Crippen LogP contribution in [0.25, 0.3) is 10.9 Å². The first kappa shape index (κ1) is 8.66. The fourth-order valence-electron chi connectivity index (χ4n) is 1.14. The molecule has 1 aromatic carbocycles. The fraction of sp³-hybridized carbons (Fsp3) is 0. The molecule has 0 N–H and O–H groups in total. The normalized spacial score (nSPS) is 13.0. The van der Waals surface area contributed by atoms with E-state index < -0.39 is 10.0 Å². The molecular formula is C9H6ClNOS. The van der Waals surface area contributed by atoms with Crippen LogP contribution in [0.1, 0.15) is 0 Å². The van der Waals surface area contributed by atoms with Gasteiger partial charge in [0.1, 0.15) is 5.03 Å². The smallest absolute Gasteiger partial charge is 0.166 e. The second-order valence-corrected chi connectivity index (χ2v) is 4.27. The number of aromatic nitrogens is 1. The highest BCUT2D eigenvalue weighted by atomic mass is 35.7. The molecule has 0 aliphatic heterocycles. The van der Waals surface area contributed by atoms with Crippen molar-refractivity contribution in [3.63, 3.8) is 0 Å². The van der Waals surface area contributed by atoms with Gasteiger partial charge in [-0.3, -0.25) is 0 Å². The Hall–Kier alpha value is -0.930. The summed E-state index contributed by atoms with van der Waals surface area (Å²) in [5.74, 6) is 0. The van der Waals surface area contributed by atoms with Crippen LogP contribution >= 0.6 is 10.7 Å². The third-order valence-electron chi connectivity index (χ3n) is 1.74. The molecule has 1 unspecified atom stereocenters. The number of pyridine rings is 1. The summed E-state index contributed by atoms with van der Waals surface area (Å²) in [5.41, 5.74) is 0.814. The van der Waals surface area contributed by atoms with Crippen LogP contribution in [0.3, 0.4) is 0 Å². The summed E-state index contributed by atoms with van der Waals surface area (Å²) in [6, 6.07) is 11.2. The minimum atomic E-state index is -1.52. The Bertz CT molecular complexity index is 472. The SMILES string of the molecule is O=S(Cl)c1ccc2ccccc2n1. The molecule has 1 heterocycles. The van der Waals surface area contributed by atoms with Crippen LogP contribution in [0.2, 0.25) is 0 Å². The summed E-state index contributed by atoms with van der Waals surface area (Å²) in [5, 5.41) is 1.42. The van der Waals surface area contributed by atoms with Crippen molar-refractivity contribution in [3.8, 4) is 0 Å². The van der Waals surface area contributed by atoms with Gasteiger partial charge in [0, 0.05) is 5.39 Å². The Labute approximate surface area is 82.5 Å². The molecule has 2 nitrogen and oxygen atoms in total. The maximum atomic E-state index is 10.9. The average Bonchev–Trinajstić information content (AvgIpc) is 2.17. The highest BCUT2D eigenvalue weighted by molar-refractivity contribution is 8.08. The van der Waals surface area contributed by atoms with Gasteiger partial charge in [-0.25, -0.2) is 9.19 Å². The molecule has 0 fully saturated rings. The minimum Gasteiger partial charge on any atom is -0.238 e. The maximum Gasteiger partial charge on any atom is 0.166 e. The lowest BCUT2D eigenvalue weighted by molar-refractivity contribution is 0.689. The van der Waals surface area contributed by atoms with Gasteiger partial charge < -0.3 is 0 Å². The zero-order chi connectivity index (χ0) is 9.26. The second-order valence-electron chi connectivity index (χ2n) is 2.57. The van der Waals surface area contributed by atoms with Crippen LogP contribution in [0.4, 0.5) is 0 Å². The van der Waals surface area contributed by atoms with Gasteiger partial charge in [0.2, 0.25) is 0 Å². The number of benzene rings is 1. The zero-order valence-corrected chi connectivity index (χ0v) is 8.18. The van der Waals surface area contributed by atoms with Crippen molar-refractivity contribution < 1.29 is 4.21 Å². The van der Waals surface area contributed by atoms with Crippen LogP contribution < -0.4 is 0 Å². The first-order valence-corrected chi connectivity index (χ1v) is 5.69. The van der Waals surface area contributed by atoms with Crippen LogP contribution in [-0.2, 0) is 10.0 Å². The molecule has 0 bridgehead atoms. The number of hydrogen-bond donors (Lipinski definition) is 0. The number of halogens is 1. The molecule has 13 heavy (non-hydrogen) atoms. The van der Waals surface area contributed by atoms with E-state index in [-0.39, 0.29) is 0 Å². The monoisotopic (exact) mass is 211 g/mol. The molecule has 4 heteroatoms. The lowest BCUT2D eigenvalue weighted by Crippen LogP contribution is -1.87. The fourth-order valence-corrected chi connectivity index (χ4v) is 1.74. The van der Waals surface area contributed by atoms with Gasteiger partial charge in [-0.2, -0.15) is 0 Å².